The van der Waals surface area contributed by atoms with E-state index >= 15 is 0 Å². The van der Waals surface area contributed by atoms with E-state index in [0.717, 1.165) is 0 Å². The molecule has 3 heterocycles. The third-order valence-corrected chi connectivity index (χ3v) is 7.84. The second-order valence-corrected chi connectivity index (χ2v) is 9.97. The van der Waals surface area contributed by atoms with Crippen LogP contribution in [0.1, 0.15) is 22.3 Å². The Labute approximate surface area is 199 Å². The second kappa shape index (κ2) is 6.57. The zero-order valence-corrected chi connectivity index (χ0v) is 20.3. The van der Waals surface area contributed by atoms with Gasteiger partial charge in [0.25, 0.3) is 0 Å². The molecule has 0 fully saturated rings. The van der Waals surface area contributed by atoms with Crippen molar-refractivity contribution in [2.24, 2.45) is 7.05 Å². The van der Waals surface area contributed by atoms with Crippen LogP contribution in [0.3, 0.4) is 0 Å². The molecule has 0 spiro atoms. The third kappa shape index (κ3) is 2.33. The van der Waals surface area contributed by atoms with Gasteiger partial charge < -0.3 is 4.40 Å². The fraction of sp³-hybridized carbons (Fsp3) is 0.156. The molecular weight excluding hydrogens is 412 g/mol. The molecule has 0 radical (unpaired) electrons. The van der Waals surface area contributed by atoms with E-state index in [1.807, 2.05) is 0 Å². The van der Waals surface area contributed by atoms with Crippen molar-refractivity contribution in [3.63, 3.8) is 0 Å². The van der Waals surface area contributed by atoms with Gasteiger partial charge in [0, 0.05) is 16.8 Å². The summed E-state index contributed by atoms with van der Waals surface area (Å²) < 4.78 is 4.89. The van der Waals surface area contributed by atoms with Crippen LogP contribution < -0.4 is 4.57 Å². The number of aryl methyl sites for hydroxylation is 5. The van der Waals surface area contributed by atoms with Gasteiger partial charge in [0.2, 0.25) is 5.52 Å². The number of fused-ring (bicyclic) bond motifs is 6. The molecule has 7 aromatic rings. The Morgan fingerprint density at radius 3 is 2.29 bits per heavy atom. The van der Waals surface area contributed by atoms with Crippen molar-refractivity contribution in [2.75, 3.05) is 0 Å². The fourth-order valence-corrected chi connectivity index (χ4v) is 6.20. The van der Waals surface area contributed by atoms with Gasteiger partial charge >= 0.3 is 0 Å². The molecule has 164 valence electrons. The van der Waals surface area contributed by atoms with Crippen molar-refractivity contribution in [2.45, 2.75) is 27.7 Å². The molecule has 0 bridgehead atoms. The Morgan fingerprint density at radius 2 is 1.50 bits per heavy atom. The number of hydrogen-bond donors (Lipinski definition) is 0. The lowest BCUT2D eigenvalue weighted by atomic mass is 9.92. The summed E-state index contributed by atoms with van der Waals surface area (Å²) in [5.41, 5.74) is 13.2. The van der Waals surface area contributed by atoms with Crippen LogP contribution in [0.5, 0.6) is 0 Å². The molecule has 0 N–H and O–H groups in total. The number of pyridine rings is 2. The minimum Gasteiger partial charge on any atom is -0.307 e. The van der Waals surface area contributed by atoms with Gasteiger partial charge in [-0.25, -0.2) is 4.57 Å². The maximum Gasteiger partial charge on any atom is 0.224 e. The molecule has 4 aromatic carbocycles. The molecular formula is C32H27N2+. The van der Waals surface area contributed by atoms with Gasteiger partial charge in [0.15, 0.2) is 6.20 Å². The summed E-state index contributed by atoms with van der Waals surface area (Å²) in [6.45, 7) is 8.99. The van der Waals surface area contributed by atoms with Gasteiger partial charge in [-0.15, -0.1) is 0 Å². The lowest BCUT2D eigenvalue weighted by Gasteiger charge is -2.17. The molecule has 0 unspecified atom stereocenters. The summed E-state index contributed by atoms with van der Waals surface area (Å²) >= 11 is 0. The van der Waals surface area contributed by atoms with E-state index in [0.29, 0.717) is 0 Å². The lowest BCUT2D eigenvalue weighted by Crippen LogP contribution is -2.29. The zero-order valence-electron chi connectivity index (χ0n) is 20.3. The van der Waals surface area contributed by atoms with Gasteiger partial charge in [0.1, 0.15) is 7.05 Å². The van der Waals surface area contributed by atoms with Crippen LogP contribution in [0.4, 0.5) is 0 Å². The highest BCUT2D eigenvalue weighted by atomic mass is 15.0. The van der Waals surface area contributed by atoms with Gasteiger partial charge in [0.05, 0.1) is 27.3 Å². The second-order valence-electron chi connectivity index (χ2n) is 9.97. The molecule has 0 aliphatic rings. The molecule has 7 rings (SSSR count). The van der Waals surface area contributed by atoms with Crippen molar-refractivity contribution in [1.29, 1.82) is 0 Å². The Hall–Kier alpha value is -3.91. The van der Waals surface area contributed by atoms with Crippen molar-refractivity contribution < 1.29 is 4.57 Å². The van der Waals surface area contributed by atoms with E-state index in [1.54, 1.807) is 0 Å². The van der Waals surface area contributed by atoms with Crippen molar-refractivity contribution in [3.8, 4) is 11.1 Å². The minimum absolute atomic E-state index is 1.27. The molecule has 0 aliphatic heterocycles. The minimum atomic E-state index is 1.27. The predicted molar refractivity (Wildman–Crippen MR) is 144 cm³/mol. The molecule has 34 heavy (non-hydrogen) atoms. The number of benzene rings is 4. The van der Waals surface area contributed by atoms with Gasteiger partial charge in [-0.1, -0.05) is 48.5 Å². The van der Waals surface area contributed by atoms with Crippen LogP contribution in [0.15, 0.2) is 72.9 Å². The Morgan fingerprint density at radius 1 is 0.706 bits per heavy atom. The highest BCUT2D eigenvalue weighted by molar-refractivity contribution is 6.30. The van der Waals surface area contributed by atoms with E-state index in [9.17, 15) is 0 Å². The molecule has 0 saturated carbocycles. The molecule has 0 saturated heterocycles. The quantitative estimate of drug-likeness (QED) is 0.141. The van der Waals surface area contributed by atoms with Crippen LogP contribution in [0.25, 0.3) is 60.1 Å². The monoisotopic (exact) mass is 439 g/mol. The van der Waals surface area contributed by atoms with E-state index < -0.39 is 0 Å². The van der Waals surface area contributed by atoms with Crippen molar-refractivity contribution >= 4 is 49.0 Å². The maximum absolute atomic E-state index is 2.57. The first-order valence-electron chi connectivity index (χ1n) is 12.0. The summed E-state index contributed by atoms with van der Waals surface area (Å²) in [4.78, 5) is 0. The molecule has 0 amide bonds. The number of hydrogen-bond acceptors (Lipinski definition) is 0. The molecule has 3 aromatic heterocycles. The number of rotatable bonds is 1. The first-order valence-corrected chi connectivity index (χ1v) is 12.0. The SMILES string of the molecule is Cc1ccc2c3c(-c4ccccc4)cc4cc[n+](C)c5c6c(C)c(C)cc(C)c6n(c2c1)c3c45. The van der Waals surface area contributed by atoms with Crippen LogP contribution >= 0.6 is 0 Å². The summed E-state index contributed by atoms with van der Waals surface area (Å²) in [7, 11) is 2.19. The van der Waals surface area contributed by atoms with Gasteiger partial charge in [-0.3, -0.25) is 0 Å². The summed E-state index contributed by atoms with van der Waals surface area (Å²) in [5, 5.41) is 6.69. The Kier molecular flexibility index (Phi) is 3.78. The molecule has 2 heteroatoms. The molecule has 2 nitrogen and oxygen atoms in total. The summed E-state index contributed by atoms with van der Waals surface area (Å²) in [5.74, 6) is 0. The van der Waals surface area contributed by atoms with Crippen LogP contribution in [-0.2, 0) is 7.05 Å². The summed E-state index contributed by atoms with van der Waals surface area (Å²) in [6.07, 6.45) is 2.22. The lowest BCUT2D eigenvalue weighted by molar-refractivity contribution is -0.643. The highest BCUT2D eigenvalue weighted by Gasteiger charge is 2.27. The maximum atomic E-state index is 2.57. The number of aromatic nitrogens is 2. The molecule has 0 aliphatic carbocycles. The zero-order chi connectivity index (χ0) is 23.3. The average Bonchev–Trinajstić information content (AvgIpc) is 3.17. The average molecular weight is 440 g/mol. The van der Waals surface area contributed by atoms with E-state index in [1.165, 1.54) is 82.4 Å². The Bertz CT molecular complexity index is 1940. The fourth-order valence-electron chi connectivity index (χ4n) is 6.20. The van der Waals surface area contributed by atoms with Crippen LogP contribution in [0.2, 0.25) is 0 Å². The first-order chi connectivity index (χ1) is 16.5. The van der Waals surface area contributed by atoms with Crippen LogP contribution in [0, 0.1) is 27.7 Å². The van der Waals surface area contributed by atoms with Gasteiger partial charge in [-0.05, 0) is 78.6 Å². The smallest absolute Gasteiger partial charge is 0.224 e. The van der Waals surface area contributed by atoms with Gasteiger partial charge in [-0.2, -0.15) is 0 Å². The Balaban J connectivity index is 1.94. The molecule has 0 atom stereocenters. The van der Waals surface area contributed by atoms with E-state index in [4.69, 9.17) is 0 Å². The van der Waals surface area contributed by atoms with E-state index in [2.05, 4.69) is 117 Å². The highest BCUT2D eigenvalue weighted by Crippen LogP contribution is 2.46. The van der Waals surface area contributed by atoms with E-state index in [-0.39, 0.29) is 0 Å². The van der Waals surface area contributed by atoms with Crippen LogP contribution in [-0.4, -0.2) is 4.40 Å². The topological polar surface area (TPSA) is 8.29 Å². The number of nitrogens with zero attached hydrogens (tertiary/aromatic N) is 2. The first kappa shape index (κ1) is 19.5. The van der Waals surface area contributed by atoms with Crippen molar-refractivity contribution in [3.05, 3.63) is 95.2 Å². The predicted octanol–water partition coefficient (Wildman–Crippen LogP) is 7.72. The largest absolute Gasteiger partial charge is 0.307 e. The third-order valence-electron chi connectivity index (χ3n) is 7.84. The summed E-state index contributed by atoms with van der Waals surface area (Å²) in [6, 6.07) is 24.8. The standard InChI is InChI=1S/C32H27N2/c1-18-11-12-24-26(15-18)34-30-20(3)16-19(2)21(4)27(30)31-28-23(13-14-33(31)5)17-25(29(24)32(28)34)22-9-7-6-8-10-22/h6-17H,1-5H3/q+1. The normalized spacial score (nSPS) is 12.3. The van der Waals surface area contributed by atoms with Crippen molar-refractivity contribution in [1.82, 2.24) is 4.40 Å².